The number of ether oxygens (including phenoxy) is 2. The highest BCUT2D eigenvalue weighted by atomic mass is 19.4. The van der Waals surface area contributed by atoms with E-state index in [-0.39, 0.29) is 48.5 Å². The predicted molar refractivity (Wildman–Crippen MR) is 101 cm³/mol. The fraction of sp³-hybridized carbons (Fsp3) is 0.550. The lowest BCUT2D eigenvalue weighted by Gasteiger charge is -2.36. The van der Waals surface area contributed by atoms with Crippen molar-refractivity contribution in [2.45, 2.75) is 43.8 Å². The minimum atomic E-state index is -4.70. The van der Waals surface area contributed by atoms with Gasteiger partial charge in [0.2, 0.25) is 5.76 Å². The maximum absolute atomic E-state index is 15.2. The first-order valence-electron chi connectivity index (χ1n) is 10.1. The summed E-state index contributed by atoms with van der Waals surface area (Å²) in [6.07, 6.45) is -8.04. The minimum Gasteiger partial charge on any atom is -0.449 e. The van der Waals surface area contributed by atoms with Crippen LogP contribution in [0.15, 0.2) is 22.6 Å². The van der Waals surface area contributed by atoms with Gasteiger partial charge in [0.25, 0.3) is 11.8 Å². The lowest BCUT2D eigenvalue weighted by Crippen LogP contribution is -2.50. The highest BCUT2D eigenvalue weighted by Gasteiger charge is 2.46. The molecule has 2 atom stereocenters. The molecule has 13 heteroatoms. The van der Waals surface area contributed by atoms with Crippen LogP contribution in [-0.4, -0.2) is 56.9 Å². The van der Waals surface area contributed by atoms with E-state index in [1.807, 2.05) is 0 Å². The molecular weight excluding hydrogens is 465 g/mol. The summed E-state index contributed by atoms with van der Waals surface area (Å²) in [5.74, 6) is -4.74. The van der Waals surface area contributed by atoms with Crippen LogP contribution in [0.2, 0.25) is 0 Å². The molecule has 0 aliphatic carbocycles. The predicted octanol–water partition coefficient (Wildman–Crippen LogP) is 4.42. The Morgan fingerprint density at radius 3 is 2.67 bits per heavy atom. The molecule has 1 N–H and O–H groups in total. The highest BCUT2D eigenvalue weighted by molar-refractivity contribution is 6.07. The number of anilines is 1. The van der Waals surface area contributed by atoms with E-state index in [1.165, 1.54) is 0 Å². The molecule has 0 radical (unpaired) electrons. The number of carbonyl (C=O) groups is 1. The van der Waals surface area contributed by atoms with Crippen molar-refractivity contribution >= 4 is 22.6 Å². The highest BCUT2D eigenvalue weighted by Crippen LogP contribution is 2.41. The van der Waals surface area contributed by atoms with Gasteiger partial charge in [0.05, 0.1) is 23.9 Å². The molecule has 2 aromatic rings. The number of nitrogens with zero attached hydrogens (tertiary/aromatic N) is 1. The Morgan fingerprint density at radius 2 is 1.97 bits per heavy atom. The number of hydrogen-bond acceptors (Lipinski definition) is 5. The second-order valence-electron chi connectivity index (χ2n) is 7.83. The van der Waals surface area contributed by atoms with Gasteiger partial charge in [-0.1, -0.05) is 0 Å². The number of hydrogen-bond donors (Lipinski definition) is 1. The summed E-state index contributed by atoms with van der Waals surface area (Å²) < 4.78 is 110. The minimum absolute atomic E-state index is 0.0236. The van der Waals surface area contributed by atoms with E-state index in [2.05, 4.69) is 10.1 Å². The topological polar surface area (TPSA) is 63.9 Å². The van der Waals surface area contributed by atoms with Crippen molar-refractivity contribution in [1.82, 2.24) is 5.32 Å². The standard InChI is InChI=1S/C20H19F7N2O4/c21-18(22)32-11-3-6-31-14(8-11)19(23,24)9-29-5-4-28-17(30)16-15(29)12-7-10(20(25,26)27)1-2-13(12)33-16/h1-2,7,11,14,18H,3-6,8-9H2,(H,28,30). The number of halogens is 7. The van der Waals surface area contributed by atoms with E-state index in [0.29, 0.717) is 0 Å². The average molecular weight is 484 g/mol. The largest absolute Gasteiger partial charge is 0.449 e. The van der Waals surface area contributed by atoms with Crippen molar-refractivity contribution in [3.8, 4) is 0 Å². The number of nitrogens with one attached hydrogen (secondary N) is 1. The normalized spacial score (nSPS) is 22.4. The summed E-state index contributed by atoms with van der Waals surface area (Å²) in [5.41, 5.74) is -1.29. The van der Waals surface area contributed by atoms with Crippen LogP contribution in [-0.2, 0) is 15.7 Å². The number of furan rings is 1. The fourth-order valence-electron chi connectivity index (χ4n) is 4.07. The molecule has 0 spiro atoms. The van der Waals surface area contributed by atoms with E-state index in [1.54, 1.807) is 0 Å². The zero-order valence-electron chi connectivity index (χ0n) is 16.9. The zero-order chi connectivity index (χ0) is 24.0. The molecule has 182 valence electrons. The van der Waals surface area contributed by atoms with E-state index < -0.39 is 55.4 Å². The Balaban J connectivity index is 1.67. The van der Waals surface area contributed by atoms with Crippen molar-refractivity contribution in [1.29, 1.82) is 0 Å². The third-order valence-electron chi connectivity index (χ3n) is 5.58. The summed E-state index contributed by atoms with van der Waals surface area (Å²) in [6, 6.07) is 2.53. The Kier molecular flexibility index (Phi) is 6.20. The summed E-state index contributed by atoms with van der Waals surface area (Å²) in [4.78, 5) is 13.4. The number of amides is 1. The van der Waals surface area contributed by atoms with Crippen LogP contribution in [0.3, 0.4) is 0 Å². The Morgan fingerprint density at radius 1 is 1.21 bits per heavy atom. The molecule has 1 saturated heterocycles. The first-order valence-corrected chi connectivity index (χ1v) is 10.1. The van der Waals surface area contributed by atoms with Crippen molar-refractivity contribution in [3.05, 3.63) is 29.5 Å². The van der Waals surface area contributed by atoms with Crippen LogP contribution in [0.4, 0.5) is 36.4 Å². The Labute approximate surface area is 182 Å². The Hall–Kier alpha value is -2.54. The maximum Gasteiger partial charge on any atom is 0.416 e. The summed E-state index contributed by atoms with van der Waals surface area (Å²) in [7, 11) is 0. The van der Waals surface area contributed by atoms with Gasteiger partial charge in [-0.25, -0.2) is 8.78 Å². The molecule has 3 heterocycles. The lowest BCUT2D eigenvalue weighted by atomic mass is 10.00. The molecule has 1 amide bonds. The summed E-state index contributed by atoms with van der Waals surface area (Å²) in [5, 5.41) is 2.31. The van der Waals surface area contributed by atoms with E-state index in [0.717, 1.165) is 23.1 Å². The number of fused-ring (bicyclic) bond motifs is 3. The smallest absolute Gasteiger partial charge is 0.416 e. The monoisotopic (exact) mass is 484 g/mol. The first kappa shape index (κ1) is 23.6. The van der Waals surface area contributed by atoms with Crippen LogP contribution < -0.4 is 10.2 Å². The van der Waals surface area contributed by atoms with Crippen molar-refractivity contribution < 1.29 is 49.4 Å². The van der Waals surface area contributed by atoms with Gasteiger partial charge in [-0.3, -0.25) is 4.79 Å². The molecule has 1 aromatic heterocycles. The molecule has 0 saturated carbocycles. The molecule has 1 fully saturated rings. The van der Waals surface area contributed by atoms with E-state index in [4.69, 9.17) is 9.15 Å². The van der Waals surface area contributed by atoms with Gasteiger partial charge in [-0.15, -0.1) is 0 Å². The van der Waals surface area contributed by atoms with Gasteiger partial charge in [0, 0.05) is 31.5 Å². The van der Waals surface area contributed by atoms with Crippen LogP contribution in [0.25, 0.3) is 11.0 Å². The molecule has 4 rings (SSSR count). The number of benzene rings is 1. The van der Waals surface area contributed by atoms with Gasteiger partial charge in [0.1, 0.15) is 11.7 Å². The van der Waals surface area contributed by atoms with E-state index in [9.17, 15) is 26.7 Å². The maximum atomic E-state index is 15.2. The molecule has 6 nitrogen and oxygen atoms in total. The third kappa shape index (κ3) is 4.88. The van der Waals surface area contributed by atoms with Gasteiger partial charge >= 0.3 is 12.8 Å². The SMILES string of the molecule is O=C1NCCN(CC(F)(F)C2CC(OC(F)F)CCO2)c2c1oc1ccc(C(F)(F)F)cc21. The quantitative estimate of drug-likeness (QED) is 0.637. The molecule has 2 aliphatic rings. The molecule has 0 bridgehead atoms. The second kappa shape index (κ2) is 8.67. The fourth-order valence-corrected chi connectivity index (χ4v) is 4.07. The zero-order valence-corrected chi connectivity index (χ0v) is 16.9. The number of carbonyl (C=O) groups excluding carboxylic acids is 1. The molecule has 1 aromatic carbocycles. The number of rotatable bonds is 5. The van der Waals surface area contributed by atoms with Gasteiger partial charge in [-0.2, -0.15) is 22.0 Å². The van der Waals surface area contributed by atoms with Crippen molar-refractivity contribution in [2.75, 3.05) is 31.1 Å². The Bertz CT molecular complexity index is 1020. The molecular formula is C20H19F7N2O4. The van der Waals surface area contributed by atoms with Crippen molar-refractivity contribution in [3.63, 3.8) is 0 Å². The first-order chi connectivity index (χ1) is 15.5. The number of alkyl halides is 7. The van der Waals surface area contributed by atoms with E-state index >= 15 is 8.78 Å². The van der Waals surface area contributed by atoms with Crippen LogP contribution >= 0.6 is 0 Å². The van der Waals surface area contributed by atoms with Crippen LogP contribution in [0.1, 0.15) is 29.0 Å². The van der Waals surface area contributed by atoms with Crippen molar-refractivity contribution in [2.24, 2.45) is 0 Å². The van der Waals surface area contributed by atoms with Crippen LogP contribution in [0, 0.1) is 0 Å². The molecule has 2 unspecified atom stereocenters. The van der Waals surface area contributed by atoms with Gasteiger partial charge < -0.3 is 24.1 Å². The molecule has 2 aliphatic heterocycles. The van der Waals surface area contributed by atoms with Gasteiger partial charge in [-0.05, 0) is 24.6 Å². The van der Waals surface area contributed by atoms with Crippen LogP contribution in [0.5, 0.6) is 0 Å². The summed E-state index contributed by atoms with van der Waals surface area (Å²) in [6.45, 7) is -4.59. The van der Waals surface area contributed by atoms with Gasteiger partial charge in [0.15, 0.2) is 0 Å². The third-order valence-corrected chi connectivity index (χ3v) is 5.58. The average Bonchev–Trinajstić information content (AvgIpc) is 3.04. The molecule has 33 heavy (non-hydrogen) atoms. The lowest BCUT2D eigenvalue weighted by molar-refractivity contribution is -0.217. The second-order valence-corrected chi connectivity index (χ2v) is 7.83. The summed E-state index contributed by atoms with van der Waals surface area (Å²) >= 11 is 0.